The van der Waals surface area contributed by atoms with Crippen molar-refractivity contribution in [2.45, 2.75) is 51.6 Å². The third kappa shape index (κ3) is 3.15. The quantitative estimate of drug-likeness (QED) is 0.883. The minimum Gasteiger partial charge on any atom is -0.329 e. The van der Waals surface area contributed by atoms with E-state index in [1.165, 1.54) is 25.7 Å². The van der Waals surface area contributed by atoms with Crippen LogP contribution in [0.5, 0.6) is 0 Å². The Hall–Kier alpha value is -0.930. The molecule has 1 fully saturated rings. The molecule has 0 aromatic heterocycles. The van der Waals surface area contributed by atoms with Crippen LogP contribution in [0.3, 0.4) is 0 Å². The van der Waals surface area contributed by atoms with Crippen molar-refractivity contribution in [3.05, 3.63) is 35.1 Å². The molecule has 1 aromatic carbocycles. The van der Waals surface area contributed by atoms with Gasteiger partial charge in [-0.15, -0.1) is 0 Å². The molecule has 0 amide bonds. The van der Waals surface area contributed by atoms with Gasteiger partial charge in [0.25, 0.3) is 0 Å². The lowest BCUT2D eigenvalue weighted by Crippen LogP contribution is -2.40. The fourth-order valence-electron chi connectivity index (χ4n) is 3.25. The number of aryl methyl sites for hydroxylation is 1. The third-order valence-electron chi connectivity index (χ3n) is 4.36. The molecule has 1 atom stereocenters. The molecule has 1 saturated carbocycles. The van der Waals surface area contributed by atoms with Gasteiger partial charge in [0, 0.05) is 18.6 Å². The zero-order valence-electron chi connectivity index (χ0n) is 12.0. The van der Waals surface area contributed by atoms with Crippen LogP contribution in [0.2, 0.25) is 0 Å². The van der Waals surface area contributed by atoms with Gasteiger partial charge < -0.3 is 5.73 Å². The second-order valence-corrected chi connectivity index (χ2v) is 5.53. The molecule has 2 N–H and O–H groups in total. The molecular formula is C16H25FN2. The Labute approximate surface area is 115 Å². The van der Waals surface area contributed by atoms with E-state index < -0.39 is 0 Å². The molecule has 19 heavy (non-hydrogen) atoms. The number of halogens is 1. The Morgan fingerprint density at radius 2 is 2.05 bits per heavy atom. The maximum Gasteiger partial charge on any atom is 0.126 e. The highest BCUT2D eigenvalue weighted by molar-refractivity contribution is 5.26. The van der Waals surface area contributed by atoms with Gasteiger partial charge in [0.2, 0.25) is 0 Å². The summed E-state index contributed by atoms with van der Waals surface area (Å²) in [6.45, 7) is 5.49. The average molecular weight is 264 g/mol. The molecule has 0 radical (unpaired) electrons. The van der Waals surface area contributed by atoms with Gasteiger partial charge in [0.05, 0.1) is 0 Å². The number of hydrogen-bond donors (Lipinski definition) is 1. The van der Waals surface area contributed by atoms with Gasteiger partial charge in [0.15, 0.2) is 0 Å². The molecule has 1 aromatic rings. The summed E-state index contributed by atoms with van der Waals surface area (Å²) in [7, 11) is 0. The number of nitrogens with two attached hydrogens (primary N) is 1. The molecule has 0 heterocycles. The standard InChI is InChI=1S/C16H25FN2/c1-3-19(14-6-4-5-7-14)16(11-18)13-9-8-12(2)15(17)10-13/h8-10,14,16H,3-7,11,18H2,1-2H3. The van der Waals surface area contributed by atoms with Crippen molar-refractivity contribution in [3.63, 3.8) is 0 Å². The lowest BCUT2D eigenvalue weighted by atomic mass is 10.0. The molecule has 2 rings (SSSR count). The molecule has 1 unspecified atom stereocenters. The highest BCUT2D eigenvalue weighted by Crippen LogP contribution is 2.31. The molecule has 0 saturated heterocycles. The summed E-state index contributed by atoms with van der Waals surface area (Å²) in [4.78, 5) is 2.46. The predicted octanol–water partition coefficient (Wildman–Crippen LogP) is 3.40. The first-order chi connectivity index (χ1) is 9.17. The van der Waals surface area contributed by atoms with E-state index in [1.807, 2.05) is 12.1 Å². The normalized spacial score (nSPS) is 18.2. The first kappa shape index (κ1) is 14.5. The molecule has 2 nitrogen and oxygen atoms in total. The van der Waals surface area contributed by atoms with Gasteiger partial charge >= 0.3 is 0 Å². The summed E-state index contributed by atoms with van der Waals surface area (Å²) in [6.07, 6.45) is 5.11. The van der Waals surface area contributed by atoms with Crippen molar-refractivity contribution in [2.24, 2.45) is 5.73 Å². The maximum absolute atomic E-state index is 13.8. The number of hydrogen-bond acceptors (Lipinski definition) is 2. The molecule has 1 aliphatic rings. The van der Waals surface area contributed by atoms with Gasteiger partial charge in [0.1, 0.15) is 5.82 Å². The molecular weight excluding hydrogens is 239 g/mol. The third-order valence-corrected chi connectivity index (χ3v) is 4.36. The monoisotopic (exact) mass is 264 g/mol. The van der Waals surface area contributed by atoms with Crippen LogP contribution in [0.1, 0.15) is 49.8 Å². The minimum absolute atomic E-state index is 0.126. The SMILES string of the molecule is CCN(C1CCCC1)C(CN)c1ccc(C)c(F)c1. The Morgan fingerprint density at radius 3 is 2.58 bits per heavy atom. The van der Waals surface area contributed by atoms with Crippen LogP contribution >= 0.6 is 0 Å². The fraction of sp³-hybridized carbons (Fsp3) is 0.625. The van der Waals surface area contributed by atoms with Gasteiger partial charge in [-0.2, -0.15) is 0 Å². The highest BCUT2D eigenvalue weighted by atomic mass is 19.1. The van der Waals surface area contributed by atoms with Crippen LogP contribution in [-0.4, -0.2) is 24.0 Å². The lowest BCUT2D eigenvalue weighted by molar-refractivity contribution is 0.147. The Morgan fingerprint density at radius 1 is 1.37 bits per heavy atom. The topological polar surface area (TPSA) is 29.3 Å². The van der Waals surface area contributed by atoms with Gasteiger partial charge in [-0.05, 0) is 43.5 Å². The zero-order chi connectivity index (χ0) is 13.8. The van der Waals surface area contributed by atoms with Crippen LogP contribution in [0.25, 0.3) is 0 Å². The Kier molecular flexibility index (Phi) is 4.94. The van der Waals surface area contributed by atoms with E-state index in [0.717, 1.165) is 12.1 Å². The predicted molar refractivity (Wildman–Crippen MR) is 77.6 cm³/mol. The van der Waals surface area contributed by atoms with Crippen LogP contribution in [-0.2, 0) is 0 Å². The molecule has 1 aliphatic carbocycles. The van der Waals surface area contributed by atoms with Crippen LogP contribution < -0.4 is 5.73 Å². The highest BCUT2D eigenvalue weighted by Gasteiger charge is 2.27. The second-order valence-electron chi connectivity index (χ2n) is 5.53. The zero-order valence-corrected chi connectivity index (χ0v) is 12.0. The largest absolute Gasteiger partial charge is 0.329 e. The summed E-state index contributed by atoms with van der Waals surface area (Å²) in [5, 5.41) is 0. The first-order valence-electron chi connectivity index (χ1n) is 7.39. The Balaban J connectivity index is 2.23. The first-order valence-corrected chi connectivity index (χ1v) is 7.39. The minimum atomic E-state index is -0.126. The number of nitrogens with zero attached hydrogens (tertiary/aromatic N) is 1. The summed E-state index contributed by atoms with van der Waals surface area (Å²) < 4.78 is 13.8. The fourth-order valence-corrected chi connectivity index (χ4v) is 3.25. The van der Waals surface area contributed by atoms with Gasteiger partial charge in [-0.1, -0.05) is 31.9 Å². The molecule has 3 heteroatoms. The van der Waals surface area contributed by atoms with Crippen LogP contribution in [0, 0.1) is 12.7 Å². The van der Waals surface area contributed by atoms with Gasteiger partial charge in [-0.3, -0.25) is 4.90 Å². The molecule has 0 aliphatic heterocycles. The van der Waals surface area contributed by atoms with Crippen LogP contribution in [0.4, 0.5) is 4.39 Å². The Bertz CT molecular complexity index is 413. The number of rotatable bonds is 5. The van der Waals surface area contributed by atoms with E-state index in [4.69, 9.17) is 5.73 Å². The van der Waals surface area contributed by atoms with Crippen molar-refractivity contribution in [3.8, 4) is 0 Å². The van der Waals surface area contributed by atoms with E-state index >= 15 is 0 Å². The van der Waals surface area contributed by atoms with E-state index in [1.54, 1.807) is 13.0 Å². The molecule has 0 bridgehead atoms. The summed E-state index contributed by atoms with van der Waals surface area (Å²) in [5.41, 5.74) is 7.68. The number of benzene rings is 1. The van der Waals surface area contributed by atoms with E-state index in [2.05, 4.69) is 11.8 Å². The van der Waals surface area contributed by atoms with E-state index in [9.17, 15) is 4.39 Å². The van der Waals surface area contributed by atoms with E-state index in [0.29, 0.717) is 18.2 Å². The lowest BCUT2D eigenvalue weighted by Gasteiger charge is -2.35. The van der Waals surface area contributed by atoms with Crippen molar-refractivity contribution in [2.75, 3.05) is 13.1 Å². The average Bonchev–Trinajstić information content (AvgIpc) is 2.93. The summed E-state index contributed by atoms with van der Waals surface area (Å²) >= 11 is 0. The van der Waals surface area contributed by atoms with Crippen molar-refractivity contribution < 1.29 is 4.39 Å². The summed E-state index contributed by atoms with van der Waals surface area (Å²) in [6, 6.07) is 6.29. The summed E-state index contributed by atoms with van der Waals surface area (Å²) in [5.74, 6) is -0.126. The maximum atomic E-state index is 13.8. The van der Waals surface area contributed by atoms with Crippen molar-refractivity contribution in [1.82, 2.24) is 4.90 Å². The van der Waals surface area contributed by atoms with Crippen molar-refractivity contribution >= 4 is 0 Å². The molecule has 0 spiro atoms. The van der Waals surface area contributed by atoms with Crippen LogP contribution in [0.15, 0.2) is 18.2 Å². The van der Waals surface area contributed by atoms with E-state index in [-0.39, 0.29) is 11.9 Å². The second kappa shape index (κ2) is 6.49. The smallest absolute Gasteiger partial charge is 0.126 e. The molecule has 106 valence electrons. The number of likely N-dealkylation sites (N-methyl/N-ethyl adjacent to an activating group) is 1. The van der Waals surface area contributed by atoms with Crippen molar-refractivity contribution in [1.29, 1.82) is 0 Å². The van der Waals surface area contributed by atoms with Gasteiger partial charge in [-0.25, -0.2) is 4.39 Å².